The Bertz CT molecular complexity index is 1040. The second-order valence-corrected chi connectivity index (χ2v) is 8.54. The van der Waals surface area contributed by atoms with E-state index < -0.39 is 23.5 Å². The lowest BCUT2D eigenvalue weighted by molar-refractivity contribution is -0.115. The molecule has 196 valence electrons. The predicted octanol–water partition coefficient (Wildman–Crippen LogP) is 4.60. The maximum Gasteiger partial charge on any atom is 0.408 e. The highest BCUT2D eigenvalue weighted by Crippen LogP contribution is 2.39. The summed E-state index contributed by atoms with van der Waals surface area (Å²) >= 11 is 0. The molecule has 10 heteroatoms. The molecule has 2 aromatic rings. The van der Waals surface area contributed by atoms with E-state index in [4.69, 9.17) is 18.9 Å². The number of anilines is 2. The van der Waals surface area contributed by atoms with Crippen LogP contribution in [-0.2, 0) is 9.53 Å². The van der Waals surface area contributed by atoms with Gasteiger partial charge < -0.3 is 34.9 Å². The quantitative estimate of drug-likeness (QED) is 0.411. The van der Waals surface area contributed by atoms with Crippen LogP contribution in [0.15, 0.2) is 36.4 Å². The monoisotopic (exact) mass is 501 g/mol. The van der Waals surface area contributed by atoms with Gasteiger partial charge in [0, 0.05) is 16.9 Å². The van der Waals surface area contributed by atoms with Crippen molar-refractivity contribution in [3.05, 3.63) is 42.0 Å². The topological polar surface area (TPSA) is 124 Å². The lowest BCUT2D eigenvalue weighted by atomic mass is 10.1. The molecule has 10 nitrogen and oxygen atoms in total. The van der Waals surface area contributed by atoms with Crippen molar-refractivity contribution in [2.24, 2.45) is 0 Å². The second-order valence-electron chi connectivity index (χ2n) is 8.54. The van der Waals surface area contributed by atoms with Crippen LogP contribution in [0.25, 0.3) is 0 Å². The molecule has 0 aliphatic rings. The van der Waals surface area contributed by atoms with Gasteiger partial charge in [-0.25, -0.2) is 4.79 Å². The fraction of sp³-hybridized carbons (Fsp3) is 0.423. The normalized spacial score (nSPS) is 10.7. The van der Waals surface area contributed by atoms with Crippen LogP contribution >= 0.6 is 0 Å². The lowest BCUT2D eigenvalue weighted by Crippen LogP contribution is -2.37. The van der Waals surface area contributed by atoms with Gasteiger partial charge in [0.25, 0.3) is 5.91 Å². The smallest absolute Gasteiger partial charge is 0.408 e. The molecule has 0 aliphatic carbocycles. The van der Waals surface area contributed by atoms with E-state index in [-0.39, 0.29) is 6.54 Å². The van der Waals surface area contributed by atoms with Crippen LogP contribution in [0.5, 0.6) is 17.2 Å². The molecule has 0 saturated carbocycles. The van der Waals surface area contributed by atoms with Gasteiger partial charge in [0.1, 0.15) is 12.1 Å². The van der Waals surface area contributed by atoms with Gasteiger partial charge in [-0.2, -0.15) is 0 Å². The summed E-state index contributed by atoms with van der Waals surface area (Å²) in [5.41, 5.74) is 0.563. The summed E-state index contributed by atoms with van der Waals surface area (Å²) in [5, 5.41) is 7.87. The van der Waals surface area contributed by atoms with E-state index in [1.54, 1.807) is 57.2 Å². The third kappa shape index (κ3) is 9.01. The van der Waals surface area contributed by atoms with Crippen LogP contribution in [0.4, 0.5) is 16.2 Å². The van der Waals surface area contributed by atoms with Crippen molar-refractivity contribution in [2.75, 3.05) is 37.0 Å². The molecule has 2 rings (SSSR count). The van der Waals surface area contributed by atoms with Gasteiger partial charge in [0.15, 0.2) is 11.5 Å². The largest absolute Gasteiger partial charge is 0.490 e. The Morgan fingerprint density at radius 1 is 0.806 bits per heavy atom. The molecule has 0 atom stereocenters. The average molecular weight is 502 g/mol. The molecular formula is C26H35N3O7. The highest BCUT2D eigenvalue weighted by Gasteiger charge is 2.19. The van der Waals surface area contributed by atoms with E-state index in [2.05, 4.69) is 16.0 Å². The molecule has 2 aromatic carbocycles. The summed E-state index contributed by atoms with van der Waals surface area (Å²) in [7, 11) is 0. The minimum absolute atomic E-state index is 0.266. The van der Waals surface area contributed by atoms with Crippen LogP contribution < -0.4 is 30.2 Å². The number of nitrogens with one attached hydrogen (secondary N) is 3. The molecule has 0 radical (unpaired) electrons. The van der Waals surface area contributed by atoms with Crippen molar-refractivity contribution < 1.29 is 33.3 Å². The van der Waals surface area contributed by atoms with Gasteiger partial charge in [-0.15, -0.1) is 0 Å². The first kappa shape index (κ1) is 28.3. The lowest BCUT2D eigenvalue weighted by Gasteiger charge is -2.19. The minimum atomic E-state index is -0.688. The first-order valence-corrected chi connectivity index (χ1v) is 11.8. The Labute approximate surface area is 211 Å². The fourth-order valence-corrected chi connectivity index (χ4v) is 3.07. The number of rotatable bonds is 11. The van der Waals surface area contributed by atoms with Gasteiger partial charge in [-0.3, -0.25) is 9.59 Å². The number of benzene rings is 2. The third-order valence-electron chi connectivity index (χ3n) is 4.37. The average Bonchev–Trinajstić information content (AvgIpc) is 2.79. The van der Waals surface area contributed by atoms with E-state index in [0.717, 1.165) is 0 Å². The number of alkyl carbamates (subject to hydrolysis) is 1. The molecule has 0 aliphatic heterocycles. The first-order chi connectivity index (χ1) is 17.1. The standard InChI is InChI=1S/C26H35N3O7/c1-7-33-20-13-17(14-21(34-8-2)23(20)35-9-3)24(31)29-19-12-10-11-18(15-19)28-22(30)16-27-25(32)36-26(4,5)6/h10-15H,7-9,16H2,1-6H3,(H,27,32)(H,28,30)(H,29,31). The van der Waals surface area contributed by atoms with Gasteiger partial charge >= 0.3 is 6.09 Å². The summed E-state index contributed by atoms with van der Waals surface area (Å²) in [6, 6.07) is 9.83. The van der Waals surface area contributed by atoms with Gasteiger partial charge in [0.2, 0.25) is 11.7 Å². The van der Waals surface area contributed by atoms with Crippen LogP contribution in [0, 0.1) is 0 Å². The van der Waals surface area contributed by atoms with E-state index in [9.17, 15) is 14.4 Å². The zero-order valence-electron chi connectivity index (χ0n) is 21.7. The van der Waals surface area contributed by atoms with E-state index in [1.165, 1.54) is 0 Å². The first-order valence-electron chi connectivity index (χ1n) is 11.8. The third-order valence-corrected chi connectivity index (χ3v) is 4.37. The zero-order valence-corrected chi connectivity index (χ0v) is 21.7. The SMILES string of the molecule is CCOc1cc(C(=O)Nc2cccc(NC(=O)CNC(=O)OC(C)(C)C)c2)cc(OCC)c1OCC. The molecule has 0 heterocycles. The molecule has 3 amide bonds. The Morgan fingerprint density at radius 3 is 1.89 bits per heavy atom. The highest BCUT2D eigenvalue weighted by molar-refractivity contribution is 6.05. The van der Waals surface area contributed by atoms with E-state index in [1.807, 2.05) is 20.8 Å². The molecular weight excluding hydrogens is 466 g/mol. The summed E-state index contributed by atoms with van der Waals surface area (Å²) < 4.78 is 22.1. The van der Waals surface area contributed by atoms with Crippen molar-refractivity contribution in [3.8, 4) is 17.2 Å². The van der Waals surface area contributed by atoms with E-state index >= 15 is 0 Å². The van der Waals surface area contributed by atoms with Crippen LogP contribution in [0.1, 0.15) is 51.9 Å². The van der Waals surface area contributed by atoms with Crippen LogP contribution in [0.3, 0.4) is 0 Å². The van der Waals surface area contributed by atoms with E-state index in [0.29, 0.717) is 54.0 Å². The van der Waals surface area contributed by atoms with Crippen LogP contribution in [0.2, 0.25) is 0 Å². The Balaban J connectivity index is 2.11. The number of carbonyl (C=O) groups is 3. The fourth-order valence-electron chi connectivity index (χ4n) is 3.07. The highest BCUT2D eigenvalue weighted by atomic mass is 16.6. The summed E-state index contributed by atoms with van der Waals surface area (Å²) in [5.74, 6) is 0.430. The van der Waals surface area contributed by atoms with Gasteiger partial charge in [-0.05, 0) is 71.9 Å². The molecule has 0 unspecified atom stereocenters. The number of amides is 3. The Hall–Kier alpha value is -3.95. The molecule has 0 aromatic heterocycles. The van der Waals surface area contributed by atoms with Crippen molar-refractivity contribution in [1.29, 1.82) is 0 Å². The zero-order chi connectivity index (χ0) is 26.7. The van der Waals surface area contributed by atoms with Crippen molar-refractivity contribution in [1.82, 2.24) is 5.32 Å². The second kappa shape index (κ2) is 13.2. The number of hydrogen-bond donors (Lipinski definition) is 3. The number of ether oxygens (including phenoxy) is 4. The molecule has 3 N–H and O–H groups in total. The van der Waals surface area contributed by atoms with Crippen molar-refractivity contribution >= 4 is 29.3 Å². The van der Waals surface area contributed by atoms with Gasteiger partial charge in [0.05, 0.1) is 19.8 Å². The summed E-state index contributed by atoms with van der Waals surface area (Å²) in [6.07, 6.45) is -0.688. The van der Waals surface area contributed by atoms with Crippen LogP contribution in [-0.4, -0.2) is 49.9 Å². The molecule has 0 saturated heterocycles. The maximum absolute atomic E-state index is 13.0. The van der Waals surface area contributed by atoms with Crippen molar-refractivity contribution in [3.63, 3.8) is 0 Å². The Kier molecular flexibility index (Phi) is 10.4. The summed E-state index contributed by atoms with van der Waals surface area (Å²) in [6.45, 7) is 11.7. The minimum Gasteiger partial charge on any atom is -0.490 e. The molecule has 0 spiro atoms. The molecule has 36 heavy (non-hydrogen) atoms. The number of carbonyl (C=O) groups excluding carboxylic acids is 3. The number of hydrogen-bond acceptors (Lipinski definition) is 7. The van der Waals surface area contributed by atoms with Gasteiger partial charge in [-0.1, -0.05) is 6.07 Å². The molecule has 0 bridgehead atoms. The molecule has 0 fully saturated rings. The maximum atomic E-state index is 13.0. The Morgan fingerprint density at radius 2 is 1.36 bits per heavy atom. The predicted molar refractivity (Wildman–Crippen MR) is 137 cm³/mol. The summed E-state index contributed by atoms with van der Waals surface area (Å²) in [4.78, 5) is 36.9. The van der Waals surface area contributed by atoms with Crippen molar-refractivity contribution in [2.45, 2.75) is 47.1 Å².